The van der Waals surface area contributed by atoms with Crippen molar-refractivity contribution in [2.45, 2.75) is 12.2 Å². The summed E-state index contributed by atoms with van der Waals surface area (Å²) in [7, 11) is 0. The van der Waals surface area contributed by atoms with Crippen molar-refractivity contribution in [3.8, 4) is 0 Å². The molecule has 0 heterocycles. The van der Waals surface area contributed by atoms with Crippen LogP contribution in [0.5, 0.6) is 0 Å². The average Bonchev–Trinajstić information content (AvgIpc) is 2.34. The highest BCUT2D eigenvalue weighted by Gasteiger charge is 2.00. The molecule has 0 saturated carbocycles. The Morgan fingerprint density at radius 1 is 0.889 bits per heavy atom. The van der Waals surface area contributed by atoms with Gasteiger partial charge in [-0.05, 0) is 35.2 Å². The first-order valence-electron chi connectivity index (χ1n) is 5.53. The van der Waals surface area contributed by atoms with E-state index >= 15 is 0 Å². The third-order valence-corrected chi connectivity index (χ3v) is 3.74. The van der Waals surface area contributed by atoms with E-state index in [2.05, 4.69) is 28.1 Å². The highest BCUT2D eigenvalue weighted by atomic mass is 79.9. The molecule has 1 N–H and O–H groups in total. The van der Waals surface area contributed by atoms with Crippen molar-refractivity contribution in [3.63, 3.8) is 0 Å². The van der Waals surface area contributed by atoms with Gasteiger partial charge in [0.15, 0.2) is 11.1 Å². The summed E-state index contributed by atoms with van der Waals surface area (Å²) >= 11 is 1.64. The van der Waals surface area contributed by atoms with Crippen LogP contribution in [0.3, 0.4) is 0 Å². The molecule has 0 aliphatic rings. The van der Waals surface area contributed by atoms with E-state index in [1.54, 1.807) is 0 Å². The average molecular weight is 325 g/mol. The standard InChI is InChI=1S/C14H13BrO2S/c15-14-7-5-12(6-8-14)9-11-1-3-13(4-2-11)10-18(16)17/h1-8H,9-10H2,(H,16,17). The Morgan fingerprint density at radius 2 is 1.33 bits per heavy atom. The van der Waals surface area contributed by atoms with E-state index in [9.17, 15) is 4.21 Å². The monoisotopic (exact) mass is 324 g/mol. The molecule has 2 aromatic carbocycles. The third kappa shape index (κ3) is 4.05. The molecule has 0 spiro atoms. The zero-order chi connectivity index (χ0) is 13.0. The molecule has 0 radical (unpaired) electrons. The lowest BCUT2D eigenvalue weighted by atomic mass is 10.0. The van der Waals surface area contributed by atoms with Crippen molar-refractivity contribution >= 4 is 27.0 Å². The Kier molecular flexibility index (Phi) is 4.69. The Morgan fingerprint density at radius 3 is 1.83 bits per heavy atom. The molecule has 0 aliphatic heterocycles. The van der Waals surface area contributed by atoms with E-state index in [1.807, 2.05) is 36.4 Å². The molecule has 2 nitrogen and oxygen atoms in total. The van der Waals surface area contributed by atoms with Crippen molar-refractivity contribution in [1.82, 2.24) is 0 Å². The van der Waals surface area contributed by atoms with E-state index < -0.39 is 11.1 Å². The van der Waals surface area contributed by atoms with Crippen LogP contribution in [0.1, 0.15) is 16.7 Å². The highest BCUT2D eigenvalue weighted by molar-refractivity contribution is 9.10. The minimum atomic E-state index is -1.77. The summed E-state index contributed by atoms with van der Waals surface area (Å²) < 4.78 is 20.6. The van der Waals surface area contributed by atoms with E-state index in [1.165, 1.54) is 11.1 Å². The van der Waals surface area contributed by atoms with Crippen molar-refractivity contribution in [1.29, 1.82) is 0 Å². The molecule has 94 valence electrons. The number of rotatable bonds is 4. The zero-order valence-electron chi connectivity index (χ0n) is 9.67. The number of benzene rings is 2. The second kappa shape index (κ2) is 6.27. The third-order valence-electron chi connectivity index (χ3n) is 2.63. The van der Waals surface area contributed by atoms with Crippen LogP contribution >= 0.6 is 15.9 Å². The van der Waals surface area contributed by atoms with Crippen LogP contribution in [0.25, 0.3) is 0 Å². The van der Waals surface area contributed by atoms with Crippen LogP contribution in [0.4, 0.5) is 0 Å². The first-order chi connectivity index (χ1) is 8.63. The molecule has 0 amide bonds. The smallest absolute Gasteiger partial charge is 0.157 e. The quantitative estimate of drug-likeness (QED) is 0.869. The van der Waals surface area contributed by atoms with Gasteiger partial charge in [-0.25, -0.2) is 4.21 Å². The van der Waals surface area contributed by atoms with Crippen LogP contribution < -0.4 is 0 Å². The minimum Gasteiger partial charge on any atom is -0.306 e. The van der Waals surface area contributed by atoms with Gasteiger partial charge in [0.25, 0.3) is 0 Å². The Labute approximate surface area is 117 Å². The topological polar surface area (TPSA) is 37.3 Å². The van der Waals surface area contributed by atoms with Crippen LogP contribution in [-0.4, -0.2) is 8.76 Å². The second-order valence-electron chi connectivity index (χ2n) is 4.09. The molecule has 1 atom stereocenters. The molecule has 4 heteroatoms. The summed E-state index contributed by atoms with van der Waals surface area (Å²) in [6.45, 7) is 0. The fourth-order valence-electron chi connectivity index (χ4n) is 1.73. The van der Waals surface area contributed by atoms with Gasteiger partial charge in [-0.3, -0.25) is 0 Å². The van der Waals surface area contributed by atoms with Gasteiger partial charge in [0.05, 0.1) is 5.75 Å². The molecular formula is C14H13BrO2S. The Hall–Kier alpha value is -0.970. The summed E-state index contributed by atoms with van der Waals surface area (Å²) in [6, 6.07) is 16.0. The SMILES string of the molecule is O=S(O)Cc1ccc(Cc2ccc(Br)cc2)cc1. The van der Waals surface area contributed by atoms with Gasteiger partial charge >= 0.3 is 0 Å². The molecule has 0 bridgehead atoms. The van der Waals surface area contributed by atoms with E-state index in [0.29, 0.717) is 0 Å². The largest absolute Gasteiger partial charge is 0.306 e. The predicted molar refractivity (Wildman–Crippen MR) is 77.9 cm³/mol. The lowest BCUT2D eigenvalue weighted by molar-refractivity contribution is 0.563. The zero-order valence-corrected chi connectivity index (χ0v) is 12.1. The second-order valence-corrected chi connectivity index (χ2v) is 5.93. The van der Waals surface area contributed by atoms with Gasteiger partial charge < -0.3 is 4.55 Å². The van der Waals surface area contributed by atoms with Gasteiger partial charge in [0.2, 0.25) is 0 Å². The highest BCUT2D eigenvalue weighted by Crippen LogP contribution is 2.15. The van der Waals surface area contributed by atoms with Crippen molar-refractivity contribution in [2.24, 2.45) is 0 Å². The first kappa shape index (κ1) is 13.5. The predicted octanol–water partition coefficient (Wildman–Crippen LogP) is 3.76. The molecule has 2 aromatic rings. The van der Waals surface area contributed by atoms with E-state index in [0.717, 1.165) is 16.5 Å². The molecule has 1 unspecified atom stereocenters. The van der Waals surface area contributed by atoms with Gasteiger partial charge in [0.1, 0.15) is 0 Å². The minimum absolute atomic E-state index is 0.193. The molecule has 0 saturated heterocycles. The van der Waals surface area contributed by atoms with E-state index in [4.69, 9.17) is 4.55 Å². The molecule has 0 fully saturated rings. The Bertz CT molecular complexity index is 535. The van der Waals surface area contributed by atoms with Crippen LogP contribution in [-0.2, 0) is 23.3 Å². The lowest BCUT2D eigenvalue weighted by Gasteiger charge is -2.04. The fourth-order valence-corrected chi connectivity index (χ4v) is 2.48. The maximum absolute atomic E-state index is 10.7. The normalized spacial score (nSPS) is 12.3. The number of hydrogen-bond donors (Lipinski definition) is 1. The van der Waals surface area contributed by atoms with E-state index in [-0.39, 0.29) is 5.75 Å². The van der Waals surface area contributed by atoms with Gasteiger partial charge in [-0.2, -0.15) is 0 Å². The summed E-state index contributed by atoms with van der Waals surface area (Å²) in [4.78, 5) is 0. The molecule has 0 aliphatic carbocycles. The van der Waals surface area contributed by atoms with Crippen LogP contribution in [0.2, 0.25) is 0 Å². The van der Waals surface area contributed by atoms with Gasteiger partial charge in [0, 0.05) is 4.47 Å². The molecule has 2 rings (SSSR count). The lowest BCUT2D eigenvalue weighted by Crippen LogP contribution is -1.94. The van der Waals surface area contributed by atoms with Crippen LogP contribution in [0.15, 0.2) is 53.0 Å². The van der Waals surface area contributed by atoms with Crippen molar-refractivity contribution in [2.75, 3.05) is 0 Å². The van der Waals surface area contributed by atoms with Gasteiger partial charge in [-0.15, -0.1) is 0 Å². The van der Waals surface area contributed by atoms with Gasteiger partial charge in [-0.1, -0.05) is 52.3 Å². The van der Waals surface area contributed by atoms with Crippen LogP contribution in [0, 0.1) is 0 Å². The van der Waals surface area contributed by atoms with Crippen molar-refractivity contribution in [3.05, 3.63) is 69.7 Å². The summed E-state index contributed by atoms with van der Waals surface area (Å²) in [5.74, 6) is 0.193. The molecule has 0 aromatic heterocycles. The number of hydrogen-bond acceptors (Lipinski definition) is 1. The maximum Gasteiger partial charge on any atom is 0.157 e. The fraction of sp³-hybridized carbons (Fsp3) is 0.143. The number of halogens is 1. The first-order valence-corrected chi connectivity index (χ1v) is 7.60. The molecular weight excluding hydrogens is 312 g/mol. The summed E-state index contributed by atoms with van der Waals surface area (Å²) in [5, 5.41) is 0. The summed E-state index contributed by atoms with van der Waals surface area (Å²) in [5.41, 5.74) is 3.33. The summed E-state index contributed by atoms with van der Waals surface area (Å²) in [6.07, 6.45) is 0.871. The Balaban J connectivity index is 2.06. The van der Waals surface area contributed by atoms with Crippen molar-refractivity contribution < 1.29 is 8.76 Å². The molecule has 18 heavy (non-hydrogen) atoms. The maximum atomic E-state index is 10.7.